The van der Waals surface area contributed by atoms with Crippen LogP contribution in [0.25, 0.3) is 0 Å². The van der Waals surface area contributed by atoms with Crippen molar-refractivity contribution >= 4 is 35.2 Å². The molecule has 0 fully saturated rings. The molecule has 1 aromatic carbocycles. The second kappa shape index (κ2) is 9.65. The van der Waals surface area contributed by atoms with Crippen LogP contribution in [0.15, 0.2) is 36.1 Å². The van der Waals surface area contributed by atoms with Crippen LogP contribution in [0.4, 0.5) is 4.79 Å². The van der Waals surface area contributed by atoms with Gasteiger partial charge in [-0.2, -0.15) is 0 Å². The van der Waals surface area contributed by atoms with E-state index < -0.39 is 12.0 Å². The Morgan fingerprint density at radius 1 is 1.31 bits per heavy atom. The molecule has 8 heteroatoms. The summed E-state index contributed by atoms with van der Waals surface area (Å²) in [6.07, 6.45) is 6.79. The van der Waals surface area contributed by atoms with Crippen molar-refractivity contribution in [3.63, 3.8) is 0 Å². The van der Waals surface area contributed by atoms with Gasteiger partial charge in [0.1, 0.15) is 6.54 Å². The fourth-order valence-electron chi connectivity index (χ4n) is 3.82. The first kappa shape index (κ1) is 21.7. The molecular formula is C21H25Cl2N3O3. The van der Waals surface area contributed by atoms with E-state index in [0.29, 0.717) is 15.7 Å². The summed E-state index contributed by atoms with van der Waals surface area (Å²) in [6.45, 7) is 3.56. The van der Waals surface area contributed by atoms with Crippen LogP contribution in [-0.4, -0.2) is 43.6 Å². The first-order valence-electron chi connectivity index (χ1n) is 9.62. The Balaban J connectivity index is 1.62. The Bertz CT molecular complexity index is 854. The molecule has 2 aliphatic rings. The summed E-state index contributed by atoms with van der Waals surface area (Å²) in [5.74, 6) is 0.0825. The third-order valence-electron chi connectivity index (χ3n) is 5.14. The molecule has 1 aromatic rings. The van der Waals surface area contributed by atoms with Crippen molar-refractivity contribution in [3.05, 3.63) is 57.2 Å². The van der Waals surface area contributed by atoms with Crippen molar-refractivity contribution in [3.8, 4) is 0 Å². The number of urea groups is 1. The maximum Gasteiger partial charge on any atom is 0.325 e. The van der Waals surface area contributed by atoms with Crippen LogP contribution in [0.1, 0.15) is 30.4 Å². The van der Waals surface area contributed by atoms with Gasteiger partial charge in [0, 0.05) is 34.7 Å². The Morgan fingerprint density at radius 2 is 2.10 bits per heavy atom. The molecule has 2 atom stereocenters. The monoisotopic (exact) mass is 437 g/mol. The van der Waals surface area contributed by atoms with E-state index in [1.807, 2.05) is 18.2 Å². The number of halogens is 2. The van der Waals surface area contributed by atoms with Gasteiger partial charge in [-0.25, -0.2) is 4.79 Å². The molecule has 156 valence electrons. The summed E-state index contributed by atoms with van der Waals surface area (Å²) in [5.41, 5.74) is 3.04. The van der Waals surface area contributed by atoms with E-state index in [0.717, 1.165) is 25.1 Å². The summed E-state index contributed by atoms with van der Waals surface area (Å²) in [4.78, 5) is 25.5. The summed E-state index contributed by atoms with van der Waals surface area (Å²) in [7, 11) is 2.09. The Hall–Kier alpha value is -2.02. The van der Waals surface area contributed by atoms with Gasteiger partial charge in [-0.05, 0) is 55.6 Å². The van der Waals surface area contributed by atoms with E-state index in [2.05, 4.69) is 28.7 Å². The second-order valence-electron chi connectivity index (χ2n) is 7.29. The zero-order chi connectivity index (χ0) is 21.0. The maximum atomic E-state index is 11.9. The number of benzene rings is 1. The minimum atomic E-state index is -0.465. The fraction of sp³-hybridized carbons (Fsp3) is 0.429. The smallest absolute Gasteiger partial charge is 0.325 e. The van der Waals surface area contributed by atoms with E-state index in [9.17, 15) is 9.59 Å². The molecular weight excluding hydrogens is 413 g/mol. The van der Waals surface area contributed by atoms with Crippen LogP contribution in [0.5, 0.6) is 0 Å². The predicted molar refractivity (Wildman–Crippen MR) is 114 cm³/mol. The van der Waals surface area contributed by atoms with Gasteiger partial charge in [0.15, 0.2) is 0 Å². The van der Waals surface area contributed by atoms with E-state index in [1.165, 1.54) is 5.56 Å². The Kier molecular flexibility index (Phi) is 7.22. The highest BCUT2D eigenvalue weighted by Gasteiger charge is 2.31. The van der Waals surface area contributed by atoms with Crippen molar-refractivity contribution in [2.45, 2.75) is 25.8 Å². The number of nitrogens with zero attached hydrogens (tertiary/aromatic N) is 1. The maximum absolute atomic E-state index is 11.9. The molecule has 0 spiro atoms. The van der Waals surface area contributed by atoms with E-state index in [4.69, 9.17) is 27.9 Å². The SMILES string of the molecule is CCOC(=O)CNC(=O)NC1=CCC(C2CN(C)Cc3c(Cl)cc(Cl)cc32)C=C1. The molecule has 2 unspecified atom stereocenters. The number of allylic oxidation sites excluding steroid dienone is 3. The topological polar surface area (TPSA) is 70.7 Å². The van der Waals surface area contributed by atoms with Crippen molar-refractivity contribution in [1.82, 2.24) is 15.5 Å². The zero-order valence-corrected chi connectivity index (χ0v) is 18.0. The number of nitrogens with one attached hydrogen (secondary N) is 2. The van der Waals surface area contributed by atoms with Gasteiger partial charge >= 0.3 is 12.0 Å². The van der Waals surface area contributed by atoms with Gasteiger partial charge in [0.05, 0.1) is 6.61 Å². The third kappa shape index (κ3) is 5.53. The van der Waals surface area contributed by atoms with E-state index >= 15 is 0 Å². The number of carbonyl (C=O) groups is 2. The highest BCUT2D eigenvalue weighted by molar-refractivity contribution is 6.35. The normalized spacial score (nSPS) is 21.2. The van der Waals surface area contributed by atoms with Crippen molar-refractivity contribution in [2.24, 2.45) is 5.92 Å². The van der Waals surface area contributed by atoms with Crippen LogP contribution in [0, 0.1) is 5.92 Å². The first-order valence-corrected chi connectivity index (χ1v) is 10.4. The molecule has 0 saturated heterocycles. The van der Waals surface area contributed by atoms with Crippen LogP contribution in [-0.2, 0) is 16.1 Å². The molecule has 1 aliphatic carbocycles. The average molecular weight is 438 g/mol. The molecule has 0 saturated carbocycles. The molecule has 1 aliphatic heterocycles. The molecule has 29 heavy (non-hydrogen) atoms. The van der Waals surface area contributed by atoms with Gasteiger partial charge in [0.2, 0.25) is 0 Å². The minimum Gasteiger partial charge on any atom is -0.465 e. The summed E-state index contributed by atoms with van der Waals surface area (Å²) in [5, 5.41) is 6.60. The molecule has 2 amide bonds. The largest absolute Gasteiger partial charge is 0.465 e. The van der Waals surface area contributed by atoms with Gasteiger partial charge in [-0.3, -0.25) is 4.79 Å². The van der Waals surface area contributed by atoms with Crippen LogP contribution in [0.3, 0.4) is 0 Å². The second-order valence-corrected chi connectivity index (χ2v) is 8.13. The van der Waals surface area contributed by atoms with Gasteiger partial charge in [0.25, 0.3) is 0 Å². The van der Waals surface area contributed by atoms with Crippen LogP contribution < -0.4 is 10.6 Å². The lowest BCUT2D eigenvalue weighted by Gasteiger charge is -2.37. The van der Waals surface area contributed by atoms with E-state index in [-0.39, 0.29) is 25.0 Å². The number of esters is 1. The molecule has 1 heterocycles. The summed E-state index contributed by atoms with van der Waals surface area (Å²) in [6, 6.07) is 3.38. The molecule has 6 nitrogen and oxygen atoms in total. The van der Waals surface area contributed by atoms with Gasteiger partial charge in [-0.1, -0.05) is 35.4 Å². The number of ether oxygens (including phenoxy) is 1. The average Bonchev–Trinajstić information content (AvgIpc) is 2.67. The van der Waals surface area contributed by atoms with Crippen molar-refractivity contribution < 1.29 is 14.3 Å². The fourth-order valence-corrected chi connectivity index (χ4v) is 4.39. The lowest BCUT2D eigenvalue weighted by atomic mass is 9.78. The highest BCUT2D eigenvalue weighted by atomic mass is 35.5. The third-order valence-corrected chi connectivity index (χ3v) is 5.69. The molecule has 0 radical (unpaired) electrons. The zero-order valence-electron chi connectivity index (χ0n) is 16.5. The minimum absolute atomic E-state index is 0.161. The molecule has 2 N–H and O–H groups in total. The highest BCUT2D eigenvalue weighted by Crippen LogP contribution is 2.41. The van der Waals surface area contributed by atoms with Crippen molar-refractivity contribution in [2.75, 3.05) is 26.7 Å². The van der Waals surface area contributed by atoms with Crippen LogP contribution >= 0.6 is 23.2 Å². The standard InChI is InChI=1S/C21H25Cl2N3O3/c1-3-29-20(27)10-24-21(28)25-15-6-4-13(5-7-15)17-11-26(2)12-18-16(17)8-14(22)9-19(18)23/h4,6-9,13,17H,3,5,10-12H2,1-2H3,(H2,24,25,28). The summed E-state index contributed by atoms with van der Waals surface area (Å²) < 4.78 is 4.78. The summed E-state index contributed by atoms with van der Waals surface area (Å²) >= 11 is 12.7. The number of amides is 2. The quantitative estimate of drug-likeness (QED) is 0.686. The lowest BCUT2D eigenvalue weighted by Crippen LogP contribution is -2.39. The van der Waals surface area contributed by atoms with Gasteiger partial charge < -0.3 is 20.3 Å². The number of fused-ring (bicyclic) bond motifs is 1. The number of carbonyl (C=O) groups excluding carboxylic acids is 2. The number of rotatable bonds is 5. The first-order chi connectivity index (χ1) is 13.9. The lowest BCUT2D eigenvalue weighted by molar-refractivity contribution is -0.141. The molecule has 3 rings (SSSR count). The van der Waals surface area contributed by atoms with E-state index in [1.54, 1.807) is 13.0 Å². The molecule has 0 bridgehead atoms. The Morgan fingerprint density at radius 3 is 2.79 bits per heavy atom. The number of likely N-dealkylation sites (N-methyl/N-ethyl adjacent to an activating group) is 1. The molecule has 0 aromatic heterocycles. The number of hydrogen-bond donors (Lipinski definition) is 2. The number of hydrogen-bond acceptors (Lipinski definition) is 4. The Labute approximate surface area is 180 Å². The van der Waals surface area contributed by atoms with Crippen LogP contribution in [0.2, 0.25) is 10.0 Å². The van der Waals surface area contributed by atoms with Crippen molar-refractivity contribution in [1.29, 1.82) is 0 Å². The predicted octanol–water partition coefficient (Wildman–Crippen LogP) is 3.84. The van der Waals surface area contributed by atoms with Gasteiger partial charge in [-0.15, -0.1) is 0 Å².